The van der Waals surface area contributed by atoms with Gasteiger partial charge in [0.1, 0.15) is 0 Å². The number of carbonyl (C=O) groups excluding carboxylic acids is 1. The fourth-order valence-corrected chi connectivity index (χ4v) is 3.08. The second-order valence-corrected chi connectivity index (χ2v) is 8.62. The number of aryl methyl sites for hydroxylation is 1. The van der Waals surface area contributed by atoms with Crippen molar-refractivity contribution < 1.29 is 24.0 Å². The molecule has 0 aliphatic carbocycles. The van der Waals surface area contributed by atoms with Crippen molar-refractivity contribution in [2.45, 2.75) is 52.7 Å². The standard InChI is InChI=1S/C19H25BO5S/c1-12-7-8-14(17(22)23)9-15(12)10-16(11-26-13(2)21)20-24-18(3,4)19(5,6)25-20/h7-10H,11H2,1-6H3,(H,22,23). The van der Waals surface area contributed by atoms with Gasteiger partial charge in [-0.05, 0) is 63.4 Å². The van der Waals surface area contributed by atoms with E-state index in [1.165, 1.54) is 18.7 Å². The first-order valence-corrected chi connectivity index (χ1v) is 9.45. The Bertz CT molecular complexity index is 738. The van der Waals surface area contributed by atoms with Gasteiger partial charge in [-0.3, -0.25) is 4.79 Å². The number of carbonyl (C=O) groups is 2. The number of rotatable bonds is 5. The molecule has 1 aromatic carbocycles. The fourth-order valence-electron chi connectivity index (χ4n) is 2.49. The molecule has 0 aromatic heterocycles. The molecule has 5 nitrogen and oxygen atoms in total. The van der Waals surface area contributed by atoms with E-state index in [1.807, 2.05) is 40.7 Å². The zero-order chi connectivity index (χ0) is 19.7. The number of carboxylic acids is 1. The minimum Gasteiger partial charge on any atom is -0.478 e. The van der Waals surface area contributed by atoms with Gasteiger partial charge >= 0.3 is 13.1 Å². The summed E-state index contributed by atoms with van der Waals surface area (Å²) in [4.78, 5) is 22.7. The Kier molecular flexibility index (Phi) is 6.05. The number of hydrogen-bond acceptors (Lipinski definition) is 5. The van der Waals surface area contributed by atoms with Crippen LogP contribution >= 0.6 is 11.8 Å². The zero-order valence-electron chi connectivity index (χ0n) is 16.1. The molecule has 1 heterocycles. The molecule has 1 saturated heterocycles. The van der Waals surface area contributed by atoms with E-state index in [-0.39, 0.29) is 10.7 Å². The summed E-state index contributed by atoms with van der Waals surface area (Å²) in [5.41, 5.74) is 1.75. The van der Waals surface area contributed by atoms with E-state index in [9.17, 15) is 14.7 Å². The van der Waals surface area contributed by atoms with Gasteiger partial charge in [-0.1, -0.05) is 23.9 Å². The van der Waals surface area contributed by atoms with E-state index in [0.717, 1.165) is 16.6 Å². The van der Waals surface area contributed by atoms with Gasteiger partial charge in [0.2, 0.25) is 0 Å². The average molecular weight is 376 g/mol. The molecule has 0 atom stereocenters. The summed E-state index contributed by atoms with van der Waals surface area (Å²) in [5.74, 6) is -0.557. The van der Waals surface area contributed by atoms with Crippen LogP contribution in [0.3, 0.4) is 0 Å². The van der Waals surface area contributed by atoms with Crippen molar-refractivity contribution in [1.82, 2.24) is 0 Å². The van der Waals surface area contributed by atoms with Crippen molar-refractivity contribution in [2.75, 3.05) is 5.75 Å². The first-order chi connectivity index (χ1) is 11.9. The molecule has 26 heavy (non-hydrogen) atoms. The molecule has 1 aromatic rings. The van der Waals surface area contributed by atoms with Crippen molar-refractivity contribution in [2.24, 2.45) is 0 Å². The molecule has 1 aliphatic heterocycles. The number of hydrogen-bond donors (Lipinski definition) is 1. The van der Waals surface area contributed by atoms with Gasteiger partial charge in [0, 0.05) is 12.7 Å². The highest BCUT2D eigenvalue weighted by Gasteiger charge is 2.52. The molecular formula is C19H25BO5S. The third-order valence-corrected chi connectivity index (χ3v) is 5.75. The number of thioether (sulfide) groups is 1. The van der Waals surface area contributed by atoms with Gasteiger partial charge in [-0.15, -0.1) is 0 Å². The summed E-state index contributed by atoms with van der Waals surface area (Å²) in [6.07, 6.45) is 1.87. The van der Waals surface area contributed by atoms with Gasteiger partial charge in [0.15, 0.2) is 5.12 Å². The number of aromatic carboxylic acids is 1. The maximum atomic E-state index is 11.5. The topological polar surface area (TPSA) is 72.8 Å². The molecule has 140 valence electrons. The van der Waals surface area contributed by atoms with Crippen LogP contribution in [-0.2, 0) is 14.1 Å². The van der Waals surface area contributed by atoms with Crippen LogP contribution in [0, 0.1) is 6.92 Å². The maximum absolute atomic E-state index is 11.5. The van der Waals surface area contributed by atoms with Crippen LogP contribution in [0.5, 0.6) is 0 Å². The Morgan fingerprint density at radius 2 is 1.77 bits per heavy atom. The van der Waals surface area contributed by atoms with E-state index in [2.05, 4.69) is 0 Å². The Morgan fingerprint density at radius 3 is 2.27 bits per heavy atom. The van der Waals surface area contributed by atoms with E-state index in [0.29, 0.717) is 5.75 Å². The molecule has 0 spiro atoms. The lowest BCUT2D eigenvalue weighted by Crippen LogP contribution is -2.41. The highest BCUT2D eigenvalue weighted by atomic mass is 32.2. The number of benzene rings is 1. The smallest absolute Gasteiger partial charge is 0.478 e. The van der Waals surface area contributed by atoms with Crippen LogP contribution in [0.15, 0.2) is 23.7 Å². The van der Waals surface area contributed by atoms with Crippen molar-refractivity contribution in [3.05, 3.63) is 40.4 Å². The zero-order valence-corrected chi connectivity index (χ0v) is 16.9. The Hall–Kier alpha value is -1.57. The summed E-state index contributed by atoms with van der Waals surface area (Å²) < 4.78 is 12.2. The molecule has 0 saturated carbocycles. The van der Waals surface area contributed by atoms with E-state index in [1.54, 1.807) is 18.2 Å². The molecule has 1 fully saturated rings. The molecular weight excluding hydrogens is 351 g/mol. The summed E-state index contributed by atoms with van der Waals surface area (Å²) in [7, 11) is -0.584. The second kappa shape index (κ2) is 7.58. The number of carboxylic acid groups (broad SMARTS) is 1. The lowest BCUT2D eigenvalue weighted by Gasteiger charge is -2.32. The highest BCUT2D eigenvalue weighted by Crippen LogP contribution is 2.39. The van der Waals surface area contributed by atoms with E-state index < -0.39 is 24.3 Å². The van der Waals surface area contributed by atoms with Crippen molar-refractivity contribution in [1.29, 1.82) is 0 Å². The summed E-state index contributed by atoms with van der Waals surface area (Å²) in [6, 6.07) is 4.98. The van der Waals surface area contributed by atoms with Gasteiger partial charge in [0.25, 0.3) is 0 Å². The molecule has 0 radical (unpaired) electrons. The largest absolute Gasteiger partial charge is 0.491 e. The van der Waals surface area contributed by atoms with Crippen LogP contribution in [0.2, 0.25) is 0 Å². The quantitative estimate of drug-likeness (QED) is 0.784. The maximum Gasteiger partial charge on any atom is 0.491 e. The van der Waals surface area contributed by atoms with Crippen LogP contribution in [0.1, 0.15) is 56.1 Å². The monoisotopic (exact) mass is 376 g/mol. The summed E-state index contributed by atoms with van der Waals surface area (Å²) in [5, 5.41) is 9.24. The SMILES string of the molecule is CC(=O)SCC(=Cc1cc(C(=O)O)ccc1C)B1OC(C)(C)C(C)(C)O1. The molecule has 0 amide bonds. The van der Waals surface area contributed by atoms with E-state index in [4.69, 9.17) is 9.31 Å². The average Bonchev–Trinajstić information content (AvgIpc) is 2.72. The first kappa shape index (κ1) is 20.7. The van der Waals surface area contributed by atoms with Gasteiger partial charge in [-0.2, -0.15) is 0 Å². The van der Waals surface area contributed by atoms with Crippen molar-refractivity contribution >= 4 is 36.0 Å². The third-order valence-electron chi connectivity index (χ3n) is 4.87. The molecule has 1 N–H and O–H groups in total. The third kappa shape index (κ3) is 4.58. The van der Waals surface area contributed by atoms with Gasteiger partial charge in [-0.25, -0.2) is 4.79 Å². The first-order valence-electron chi connectivity index (χ1n) is 8.46. The van der Waals surface area contributed by atoms with Crippen molar-refractivity contribution in [3.63, 3.8) is 0 Å². The minimum atomic E-state index is -0.977. The predicted molar refractivity (Wildman–Crippen MR) is 105 cm³/mol. The van der Waals surface area contributed by atoms with Crippen LogP contribution < -0.4 is 0 Å². The molecule has 2 rings (SSSR count). The molecule has 0 bridgehead atoms. The van der Waals surface area contributed by atoms with Crippen LogP contribution in [0.4, 0.5) is 0 Å². The van der Waals surface area contributed by atoms with Crippen LogP contribution in [-0.4, -0.2) is 40.3 Å². The Balaban J connectivity index is 2.42. The van der Waals surface area contributed by atoms with Gasteiger partial charge in [0.05, 0.1) is 16.8 Å². The molecule has 1 aliphatic rings. The Morgan fingerprint density at radius 1 is 1.19 bits per heavy atom. The lowest BCUT2D eigenvalue weighted by molar-refractivity contribution is -0.109. The summed E-state index contributed by atoms with van der Waals surface area (Å²) in [6.45, 7) is 11.3. The highest BCUT2D eigenvalue weighted by molar-refractivity contribution is 8.13. The summed E-state index contributed by atoms with van der Waals surface area (Å²) >= 11 is 1.18. The predicted octanol–water partition coefficient (Wildman–Crippen LogP) is 3.99. The lowest BCUT2D eigenvalue weighted by atomic mass is 9.78. The normalized spacial score (nSPS) is 18.8. The fraction of sp³-hybridized carbons (Fsp3) is 0.474. The van der Waals surface area contributed by atoms with Crippen LogP contribution in [0.25, 0.3) is 6.08 Å². The minimum absolute atomic E-state index is 0.00317. The molecule has 7 heteroatoms. The Labute approximate surface area is 159 Å². The van der Waals surface area contributed by atoms with Crippen molar-refractivity contribution in [3.8, 4) is 0 Å². The van der Waals surface area contributed by atoms with Gasteiger partial charge < -0.3 is 14.4 Å². The van der Waals surface area contributed by atoms with E-state index >= 15 is 0 Å². The second-order valence-electron chi connectivity index (χ2n) is 7.46. The molecule has 0 unspecified atom stereocenters.